The Kier molecular flexibility index (Phi) is 4.78. The summed E-state index contributed by atoms with van der Waals surface area (Å²) in [4.78, 5) is 0. The first-order valence-corrected chi connectivity index (χ1v) is 7.03. The average molecular weight is 251 g/mol. The van der Waals surface area contributed by atoms with Crippen LogP contribution in [0.15, 0.2) is 6.20 Å². The smallest absolute Gasteiger partial charge is 0.0641 e. The molecule has 1 N–H and O–H groups in total. The maximum absolute atomic E-state index is 5.48. The Labute approximate surface area is 110 Å². The van der Waals surface area contributed by atoms with Gasteiger partial charge < -0.3 is 10.1 Å². The molecule has 18 heavy (non-hydrogen) atoms. The molecule has 0 aromatic carbocycles. The molecule has 4 nitrogen and oxygen atoms in total. The summed E-state index contributed by atoms with van der Waals surface area (Å²) in [5.41, 5.74) is 2.51. The number of hydrogen-bond acceptors (Lipinski definition) is 3. The summed E-state index contributed by atoms with van der Waals surface area (Å²) >= 11 is 0. The molecule has 0 aliphatic carbocycles. The Hall–Kier alpha value is -0.870. The van der Waals surface area contributed by atoms with Crippen LogP contribution in [-0.4, -0.2) is 29.5 Å². The van der Waals surface area contributed by atoms with Crippen molar-refractivity contribution < 1.29 is 4.74 Å². The maximum Gasteiger partial charge on any atom is 0.0641 e. The first kappa shape index (κ1) is 13.6. The van der Waals surface area contributed by atoms with Crippen molar-refractivity contribution in [2.24, 2.45) is 13.0 Å². The number of aryl methyl sites for hydroxylation is 2. The minimum absolute atomic E-state index is 0.433. The summed E-state index contributed by atoms with van der Waals surface area (Å²) in [6.45, 7) is 7.18. The standard InChI is InChI=1S/C14H25N3O/c1-4-7-15-14(12-5-8-18-9-6-12)13-10-17(3)16-11(13)2/h10,12,14-15H,4-9H2,1-3H3. The van der Waals surface area contributed by atoms with Crippen LogP contribution in [-0.2, 0) is 11.8 Å². The van der Waals surface area contributed by atoms with E-state index >= 15 is 0 Å². The van der Waals surface area contributed by atoms with Gasteiger partial charge in [0.25, 0.3) is 0 Å². The van der Waals surface area contributed by atoms with Crippen molar-refractivity contribution in [3.8, 4) is 0 Å². The predicted molar refractivity (Wildman–Crippen MR) is 72.5 cm³/mol. The van der Waals surface area contributed by atoms with Crippen LogP contribution < -0.4 is 5.32 Å². The third-order valence-corrected chi connectivity index (χ3v) is 3.74. The average Bonchev–Trinajstić information content (AvgIpc) is 2.70. The molecule has 1 aliphatic heterocycles. The Morgan fingerprint density at radius 3 is 2.78 bits per heavy atom. The van der Waals surface area contributed by atoms with Crippen LogP contribution in [0, 0.1) is 12.8 Å². The van der Waals surface area contributed by atoms with Gasteiger partial charge in [-0.15, -0.1) is 0 Å². The molecule has 1 atom stereocenters. The normalized spacial score (nSPS) is 19.1. The Morgan fingerprint density at radius 2 is 2.22 bits per heavy atom. The molecule has 0 amide bonds. The lowest BCUT2D eigenvalue weighted by molar-refractivity contribution is 0.0535. The highest BCUT2D eigenvalue weighted by molar-refractivity contribution is 5.21. The largest absolute Gasteiger partial charge is 0.381 e. The molecule has 1 saturated heterocycles. The fourth-order valence-corrected chi connectivity index (χ4v) is 2.80. The quantitative estimate of drug-likeness (QED) is 0.872. The van der Waals surface area contributed by atoms with E-state index in [0.717, 1.165) is 38.3 Å². The molecule has 2 heterocycles. The highest BCUT2D eigenvalue weighted by atomic mass is 16.5. The van der Waals surface area contributed by atoms with Gasteiger partial charge in [-0.3, -0.25) is 4.68 Å². The molecule has 1 aliphatic rings. The third kappa shape index (κ3) is 3.12. The molecule has 4 heteroatoms. The molecule has 1 aromatic heterocycles. The van der Waals surface area contributed by atoms with Crippen LogP contribution in [0.3, 0.4) is 0 Å². The number of nitrogens with one attached hydrogen (secondary N) is 1. The molecule has 1 unspecified atom stereocenters. The molecule has 1 aromatic rings. The number of aromatic nitrogens is 2. The van der Waals surface area contributed by atoms with Crippen molar-refractivity contribution in [1.82, 2.24) is 15.1 Å². The molecule has 102 valence electrons. The van der Waals surface area contributed by atoms with Gasteiger partial charge >= 0.3 is 0 Å². The van der Waals surface area contributed by atoms with Crippen molar-refractivity contribution in [3.63, 3.8) is 0 Å². The lowest BCUT2D eigenvalue weighted by atomic mass is 9.87. The van der Waals surface area contributed by atoms with Crippen LogP contribution in [0.5, 0.6) is 0 Å². The molecule has 0 spiro atoms. The van der Waals surface area contributed by atoms with Crippen molar-refractivity contribution in [2.45, 2.75) is 39.2 Å². The van der Waals surface area contributed by atoms with Crippen molar-refractivity contribution in [2.75, 3.05) is 19.8 Å². The topological polar surface area (TPSA) is 39.1 Å². The van der Waals surface area contributed by atoms with Gasteiger partial charge in [0.1, 0.15) is 0 Å². The van der Waals surface area contributed by atoms with Crippen molar-refractivity contribution >= 4 is 0 Å². The molecule has 0 bridgehead atoms. The number of nitrogens with zero attached hydrogens (tertiary/aromatic N) is 2. The second-order valence-corrected chi connectivity index (χ2v) is 5.23. The zero-order valence-corrected chi connectivity index (χ0v) is 11.8. The van der Waals surface area contributed by atoms with E-state index in [-0.39, 0.29) is 0 Å². The second-order valence-electron chi connectivity index (χ2n) is 5.23. The van der Waals surface area contributed by atoms with Gasteiger partial charge in [0.2, 0.25) is 0 Å². The van der Waals surface area contributed by atoms with E-state index in [1.165, 1.54) is 12.0 Å². The van der Waals surface area contributed by atoms with E-state index in [9.17, 15) is 0 Å². The van der Waals surface area contributed by atoms with Crippen LogP contribution in [0.25, 0.3) is 0 Å². The van der Waals surface area contributed by atoms with Gasteiger partial charge in [-0.2, -0.15) is 5.10 Å². The van der Waals surface area contributed by atoms with Gasteiger partial charge in [0.15, 0.2) is 0 Å². The third-order valence-electron chi connectivity index (χ3n) is 3.74. The Bertz CT molecular complexity index is 369. The zero-order valence-electron chi connectivity index (χ0n) is 11.8. The maximum atomic E-state index is 5.48. The van der Waals surface area contributed by atoms with E-state index in [2.05, 4.69) is 30.5 Å². The van der Waals surface area contributed by atoms with E-state index < -0.39 is 0 Å². The monoisotopic (exact) mass is 251 g/mol. The van der Waals surface area contributed by atoms with E-state index in [0.29, 0.717) is 12.0 Å². The summed E-state index contributed by atoms with van der Waals surface area (Å²) in [7, 11) is 2.00. The SMILES string of the molecule is CCCNC(c1cn(C)nc1C)C1CCOCC1. The Balaban J connectivity index is 2.15. The summed E-state index contributed by atoms with van der Waals surface area (Å²) in [5.74, 6) is 0.674. The fraction of sp³-hybridized carbons (Fsp3) is 0.786. The van der Waals surface area contributed by atoms with E-state index in [1.54, 1.807) is 0 Å². The number of ether oxygens (including phenoxy) is 1. The molecule has 0 radical (unpaired) electrons. The van der Waals surface area contributed by atoms with Gasteiger partial charge in [0.05, 0.1) is 5.69 Å². The lowest BCUT2D eigenvalue weighted by Gasteiger charge is -2.31. The predicted octanol–water partition coefficient (Wildman–Crippen LogP) is 2.20. The van der Waals surface area contributed by atoms with E-state index in [1.807, 2.05) is 11.7 Å². The molecule has 0 saturated carbocycles. The molecule has 2 rings (SSSR count). The number of hydrogen-bond donors (Lipinski definition) is 1. The summed E-state index contributed by atoms with van der Waals surface area (Å²) in [6.07, 6.45) is 5.63. The van der Waals surface area contributed by atoms with Crippen LogP contribution in [0.1, 0.15) is 43.5 Å². The summed E-state index contributed by atoms with van der Waals surface area (Å²) < 4.78 is 7.40. The first-order chi connectivity index (χ1) is 8.72. The lowest BCUT2D eigenvalue weighted by Crippen LogP contribution is -2.32. The van der Waals surface area contributed by atoms with Gasteiger partial charge in [-0.05, 0) is 38.6 Å². The van der Waals surface area contributed by atoms with Crippen molar-refractivity contribution in [3.05, 3.63) is 17.5 Å². The van der Waals surface area contributed by atoms with Gasteiger partial charge in [-0.1, -0.05) is 6.92 Å². The molecular formula is C14H25N3O. The van der Waals surface area contributed by atoms with Gasteiger partial charge in [-0.25, -0.2) is 0 Å². The van der Waals surface area contributed by atoms with Crippen LogP contribution >= 0.6 is 0 Å². The minimum Gasteiger partial charge on any atom is -0.381 e. The zero-order chi connectivity index (χ0) is 13.0. The summed E-state index contributed by atoms with van der Waals surface area (Å²) in [6, 6.07) is 0.433. The molecule has 1 fully saturated rings. The number of rotatable bonds is 5. The van der Waals surface area contributed by atoms with Crippen LogP contribution in [0.4, 0.5) is 0 Å². The highest BCUT2D eigenvalue weighted by Crippen LogP contribution is 2.31. The van der Waals surface area contributed by atoms with Gasteiger partial charge in [0, 0.05) is 38.1 Å². The second kappa shape index (κ2) is 6.34. The minimum atomic E-state index is 0.433. The first-order valence-electron chi connectivity index (χ1n) is 7.03. The summed E-state index contributed by atoms with van der Waals surface area (Å²) in [5, 5.41) is 8.18. The molecular weight excluding hydrogens is 226 g/mol. The Morgan fingerprint density at radius 1 is 1.50 bits per heavy atom. The fourth-order valence-electron chi connectivity index (χ4n) is 2.80. The van der Waals surface area contributed by atoms with Crippen molar-refractivity contribution in [1.29, 1.82) is 0 Å². The highest BCUT2D eigenvalue weighted by Gasteiger charge is 2.27. The van der Waals surface area contributed by atoms with E-state index in [4.69, 9.17) is 4.74 Å². The van der Waals surface area contributed by atoms with Crippen LogP contribution in [0.2, 0.25) is 0 Å².